The quantitative estimate of drug-likeness (QED) is 0.924. The third-order valence-corrected chi connectivity index (χ3v) is 5.11. The van der Waals surface area contributed by atoms with Gasteiger partial charge in [0, 0.05) is 25.8 Å². The highest BCUT2D eigenvalue weighted by Crippen LogP contribution is 2.32. The monoisotopic (exact) mass is 317 g/mol. The molecule has 0 saturated carbocycles. The molecule has 124 valence electrons. The second kappa shape index (κ2) is 6.32. The van der Waals surface area contributed by atoms with E-state index in [0.717, 1.165) is 12.8 Å². The van der Waals surface area contributed by atoms with Crippen LogP contribution in [0.15, 0.2) is 18.2 Å². The number of hydrogen-bond acceptors (Lipinski definition) is 3. The van der Waals surface area contributed by atoms with Gasteiger partial charge in [0.15, 0.2) is 0 Å². The number of carboxylic acid groups (broad SMARTS) is 1. The van der Waals surface area contributed by atoms with Crippen molar-refractivity contribution in [3.63, 3.8) is 0 Å². The molecule has 1 unspecified atom stereocenters. The minimum absolute atomic E-state index is 0.0717. The maximum Gasteiger partial charge on any atom is 0.313 e. The van der Waals surface area contributed by atoms with Gasteiger partial charge in [-0.1, -0.05) is 6.07 Å². The Balaban J connectivity index is 1.78. The molecule has 0 spiro atoms. The lowest BCUT2D eigenvalue weighted by Crippen LogP contribution is -2.40. The summed E-state index contributed by atoms with van der Waals surface area (Å²) in [4.78, 5) is 26.0. The number of methoxy groups -OCH3 is 1. The van der Waals surface area contributed by atoms with Crippen molar-refractivity contribution in [2.45, 2.75) is 32.1 Å². The number of carboxylic acids is 1. The van der Waals surface area contributed by atoms with E-state index >= 15 is 0 Å². The Morgan fingerprint density at radius 3 is 2.70 bits per heavy atom. The van der Waals surface area contributed by atoms with Gasteiger partial charge in [-0.2, -0.15) is 0 Å². The van der Waals surface area contributed by atoms with E-state index in [2.05, 4.69) is 6.07 Å². The molecule has 2 aliphatic rings. The molecular weight excluding hydrogens is 294 g/mol. The first kappa shape index (κ1) is 16.0. The van der Waals surface area contributed by atoms with E-state index in [1.807, 2.05) is 12.1 Å². The molecule has 0 aromatic heterocycles. The second-order valence-electron chi connectivity index (χ2n) is 6.69. The number of nitrogens with zero attached hydrogens (tertiary/aromatic N) is 1. The number of aryl methyl sites for hydroxylation is 2. The summed E-state index contributed by atoms with van der Waals surface area (Å²) < 4.78 is 5.08. The summed E-state index contributed by atoms with van der Waals surface area (Å²) in [6.07, 6.45) is 4.93. The van der Waals surface area contributed by atoms with Crippen LogP contribution < -0.4 is 0 Å². The zero-order valence-corrected chi connectivity index (χ0v) is 13.5. The molecule has 1 saturated heterocycles. The van der Waals surface area contributed by atoms with Crippen LogP contribution in [0.4, 0.5) is 0 Å². The third kappa shape index (κ3) is 2.98. The number of aliphatic carboxylic acids is 1. The summed E-state index contributed by atoms with van der Waals surface area (Å²) in [5.41, 5.74) is 2.30. The summed E-state index contributed by atoms with van der Waals surface area (Å²) in [7, 11) is 1.50. The lowest BCUT2D eigenvalue weighted by Gasteiger charge is -2.24. The van der Waals surface area contributed by atoms with Crippen molar-refractivity contribution in [2.75, 3.05) is 26.8 Å². The summed E-state index contributed by atoms with van der Waals surface area (Å²) >= 11 is 0. The van der Waals surface area contributed by atoms with E-state index in [1.165, 1.54) is 31.1 Å². The van der Waals surface area contributed by atoms with E-state index in [0.29, 0.717) is 18.5 Å². The van der Waals surface area contributed by atoms with Crippen LogP contribution in [0.5, 0.6) is 0 Å². The summed E-state index contributed by atoms with van der Waals surface area (Å²) in [5.74, 6) is -0.960. The molecule has 1 amide bonds. The van der Waals surface area contributed by atoms with E-state index in [4.69, 9.17) is 4.74 Å². The van der Waals surface area contributed by atoms with E-state index in [9.17, 15) is 14.7 Å². The van der Waals surface area contributed by atoms with Gasteiger partial charge in [0.25, 0.3) is 5.91 Å². The van der Waals surface area contributed by atoms with Crippen molar-refractivity contribution in [1.82, 2.24) is 4.90 Å². The molecule has 1 aliphatic heterocycles. The first-order valence-corrected chi connectivity index (χ1v) is 8.19. The molecule has 1 fully saturated rings. The maximum atomic E-state index is 12.7. The van der Waals surface area contributed by atoms with Crippen LogP contribution in [0, 0.1) is 5.41 Å². The fourth-order valence-electron chi connectivity index (χ4n) is 3.73. The van der Waals surface area contributed by atoms with Crippen molar-refractivity contribution in [3.8, 4) is 0 Å². The molecule has 5 heteroatoms. The number of amides is 1. The van der Waals surface area contributed by atoms with Crippen molar-refractivity contribution in [1.29, 1.82) is 0 Å². The molecule has 0 radical (unpaired) electrons. The normalized spacial score (nSPS) is 23.6. The molecule has 1 aliphatic carbocycles. The summed E-state index contributed by atoms with van der Waals surface area (Å²) in [6, 6.07) is 5.93. The van der Waals surface area contributed by atoms with Gasteiger partial charge in [0.1, 0.15) is 5.41 Å². The Morgan fingerprint density at radius 2 is 2.00 bits per heavy atom. The Kier molecular flexibility index (Phi) is 4.39. The van der Waals surface area contributed by atoms with Crippen LogP contribution in [-0.2, 0) is 22.4 Å². The Bertz CT molecular complexity index is 627. The Hall–Kier alpha value is -1.88. The van der Waals surface area contributed by atoms with Crippen LogP contribution >= 0.6 is 0 Å². The van der Waals surface area contributed by atoms with Crippen LogP contribution in [0.3, 0.4) is 0 Å². The molecule has 23 heavy (non-hydrogen) atoms. The van der Waals surface area contributed by atoms with Gasteiger partial charge in [0.2, 0.25) is 0 Å². The average Bonchev–Trinajstić information content (AvgIpc) is 3.00. The number of carbonyl (C=O) groups excluding carboxylic acids is 1. The lowest BCUT2D eigenvalue weighted by atomic mass is 9.88. The molecule has 1 heterocycles. The fraction of sp³-hybridized carbons (Fsp3) is 0.556. The molecule has 1 aromatic rings. The highest BCUT2D eigenvalue weighted by Gasteiger charge is 2.46. The van der Waals surface area contributed by atoms with E-state index in [-0.39, 0.29) is 19.1 Å². The van der Waals surface area contributed by atoms with E-state index in [1.54, 1.807) is 4.90 Å². The minimum atomic E-state index is -0.974. The SMILES string of the molecule is COCC1(C(=O)O)CCN(C(=O)c2ccc3c(c2)CCCC3)C1. The molecule has 1 aromatic carbocycles. The predicted molar refractivity (Wildman–Crippen MR) is 85.5 cm³/mol. The molecular formula is C18H23NO4. The number of ether oxygens (including phenoxy) is 1. The molecule has 5 nitrogen and oxygen atoms in total. The zero-order valence-electron chi connectivity index (χ0n) is 13.5. The number of rotatable bonds is 4. The highest BCUT2D eigenvalue weighted by molar-refractivity contribution is 5.95. The maximum absolute atomic E-state index is 12.7. The van der Waals surface area contributed by atoms with Crippen molar-refractivity contribution < 1.29 is 19.4 Å². The zero-order chi connectivity index (χ0) is 16.4. The smallest absolute Gasteiger partial charge is 0.313 e. The fourth-order valence-corrected chi connectivity index (χ4v) is 3.73. The summed E-state index contributed by atoms with van der Waals surface area (Å²) in [6.45, 7) is 0.813. The van der Waals surface area contributed by atoms with Crippen LogP contribution in [0.25, 0.3) is 0 Å². The van der Waals surface area contributed by atoms with Gasteiger partial charge in [-0.05, 0) is 55.4 Å². The third-order valence-electron chi connectivity index (χ3n) is 5.11. The van der Waals surface area contributed by atoms with Crippen LogP contribution in [-0.4, -0.2) is 48.7 Å². The average molecular weight is 317 g/mol. The van der Waals surface area contributed by atoms with Gasteiger partial charge in [-0.15, -0.1) is 0 Å². The Labute approximate surface area is 136 Å². The minimum Gasteiger partial charge on any atom is -0.481 e. The standard InChI is InChI=1S/C18H23NO4/c1-23-12-18(17(21)22)8-9-19(11-18)16(20)15-7-6-13-4-2-3-5-14(13)10-15/h6-7,10H,2-5,8-9,11-12H2,1H3,(H,21,22). The van der Waals surface area contributed by atoms with Crippen LogP contribution in [0.2, 0.25) is 0 Å². The van der Waals surface area contributed by atoms with Gasteiger partial charge >= 0.3 is 5.97 Å². The van der Waals surface area contributed by atoms with Crippen LogP contribution in [0.1, 0.15) is 40.7 Å². The number of benzene rings is 1. The molecule has 0 bridgehead atoms. The molecule has 1 atom stereocenters. The van der Waals surface area contributed by atoms with Gasteiger partial charge in [-0.25, -0.2) is 0 Å². The summed E-state index contributed by atoms with van der Waals surface area (Å²) in [5, 5.41) is 9.51. The van der Waals surface area contributed by atoms with Crippen molar-refractivity contribution in [2.24, 2.45) is 5.41 Å². The number of likely N-dealkylation sites (tertiary alicyclic amines) is 1. The predicted octanol–water partition coefficient (Wildman–Crippen LogP) is 2.13. The van der Waals surface area contributed by atoms with Crippen molar-refractivity contribution >= 4 is 11.9 Å². The lowest BCUT2D eigenvalue weighted by molar-refractivity contribution is -0.151. The number of carbonyl (C=O) groups is 2. The first-order chi connectivity index (χ1) is 11.1. The van der Waals surface area contributed by atoms with Gasteiger partial charge in [0.05, 0.1) is 6.61 Å². The molecule has 3 rings (SSSR count). The second-order valence-corrected chi connectivity index (χ2v) is 6.69. The topological polar surface area (TPSA) is 66.8 Å². The molecule has 1 N–H and O–H groups in total. The largest absolute Gasteiger partial charge is 0.481 e. The van der Waals surface area contributed by atoms with Crippen molar-refractivity contribution in [3.05, 3.63) is 34.9 Å². The van der Waals surface area contributed by atoms with E-state index < -0.39 is 11.4 Å². The van der Waals surface area contributed by atoms with Gasteiger partial charge in [-0.3, -0.25) is 9.59 Å². The number of fused-ring (bicyclic) bond motifs is 1. The first-order valence-electron chi connectivity index (χ1n) is 8.19. The van der Waals surface area contributed by atoms with Gasteiger partial charge < -0.3 is 14.7 Å². The Morgan fingerprint density at radius 1 is 1.26 bits per heavy atom. The number of hydrogen-bond donors (Lipinski definition) is 1. The highest BCUT2D eigenvalue weighted by atomic mass is 16.5.